The molecular formula is C16H21NO3. The van der Waals surface area contributed by atoms with Gasteiger partial charge in [-0.15, -0.1) is 0 Å². The maximum Gasteiger partial charge on any atom is 0.223 e. The highest BCUT2D eigenvalue weighted by Crippen LogP contribution is 2.27. The average Bonchev–Trinajstić information content (AvgIpc) is 2.79. The normalized spacial score (nSPS) is 18.4. The Balaban J connectivity index is 2.21. The van der Waals surface area contributed by atoms with Crippen LogP contribution in [0.3, 0.4) is 0 Å². The lowest BCUT2D eigenvalue weighted by molar-refractivity contribution is -0.128. The molecule has 1 fully saturated rings. The van der Waals surface area contributed by atoms with E-state index in [9.17, 15) is 9.59 Å². The minimum absolute atomic E-state index is 0.0214. The zero-order valence-corrected chi connectivity index (χ0v) is 12.3. The Kier molecular flexibility index (Phi) is 4.42. The molecule has 1 amide bonds. The van der Waals surface area contributed by atoms with E-state index >= 15 is 0 Å². The van der Waals surface area contributed by atoms with Crippen molar-refractivity contribution >= 4 is 11.7 Å². The lowest BCUT2D eigenvalue weighted by Gasteiger charge is -2.19. The van der Waals surface area contributed by atoms with E-state index < -0.39 is 0 Å². The molecule has 1 aliphatic rings. The number of methoxy groups -OCH3 is 1. The van der Waals surface area contributed by atoms with Crippen molar-refractivity contribution in [2.75, 3.05) is 13.7 Å². The minimum Gasteiger partial charge on any atom is -0.496 e. The van der Waals surface area contributed by atoms with E-state index in [0.29, 0.717) is 24.4 Å². The molecule has 1 unspecified atom stereocenters. The third-order valence-corrected chi connectivity index (χ3v) is 3.92. The number of amides is 1. The van der Waals surface area contributed by atoms with Crippen LogP contribution in [-0.2, 0) is 11.3 Å². The average molecular weight is 275 g/mol. The third-order valence-electron chi connectivity index (χ3n) is 3.92. The Morgan fingerprint density at radius 1 is 1.45 bits per heavy atom. The summed E-state index contributed by atoms with van der Waals surface area (Å²) in [5.41, 5.74) is 1.55. The first-order valence-corrected chi connectivity index (χ1v) is 7.00. The summed E-state index contributed by atoms with van der Waals surface area (Å²) in [6, 6.07) is 5.38. The predicted molar refractivity (Wildman–Crippen MR) is 76.8 cm³/mol. The number of Topliss-reactive ketones (excluding diaryl/α,β-unsaturated/α-hetero) is 1. The van der Waals surface area contributed by atoms with Gasteiger partial charge in [0.15, 0.2) is 5.78 Å². The van der Waals surface area contributed by atoms with Gasteiger partial charge in [0.05, 0.1) is 7.11 Å². The van der Waals surface area contributed by atoms with Crippen LogP contribution < -0.4 is 4.74 Å². The molecule has 1 heterocycles. The molecule has 1 atom stereocenters. The molecule has 108 valence electrons. The van der Waals surface area contributed by atoms with Gasteiger partial charge in [-0.2, -0.15) is 0 Å². The van der Waals surface area contributed by atoms with E-state index in [1.165, 1.54) is 0 Å². The molecule has 2 rings (SSSR count). The number of carbonyl (C=O) groups excluding carboxylic acids is 2. The molecule has 4 nitrogen and oxygen atoms in total. The summed E-state index contributed by atoms with van der Waals surface area (Å²) in [6.45, 7) is 4.96. The molecule has 1 aliphatic heterocycles. The summed E-state index contributed by atoms with van der Waals surface area (Å²) >= 11 is 0. The van der Waals surface area contributed by atoms with E-state index in [0.717, 1.165) is 24.3 Å². The number of rotatable bonds is 5. The van der Waals surface area contributed by atoms with Crippen LogP contribution in [0.4, 0.5) is 0 Å². The van der Waals surface area contributed by atoms with E-state index in [-0.39, 0.29) is 11.7 Å². The van der Waals surface area contributed by atoms with Crippen LogP contribution in [0.1, 0.15) is 42.6 Å². The maximum atomic E-state index is 12.0. The summed E-state index contributed by atoms with van der Waals surface area (Å²) in [5.74, 6) is 1.38. The summed E-state index contributed by atoms with van der Waals surface area (Å²) in [5, 5.41) is 0. The summed E-state index contributed by atoms with van der Waals surface area (Å²) in [7, 11) is 1.60. The Hall–Kier alpha value is -1.84. The highest BCUT2D eigenvalue weighted by Gasteiger charge is 2.28. The monoisotopic (exact) mass is 275 g/mol. The van der Waals surface area contributed by atoms with E-state index in [2.05, 4.69) is 6.92 Å². The van der Waals surface area contributed by atoms with Crippen molar-refractivity contribution in [1.29, 1.82) is 0 Å². The number of likely N-dealkylation sites (tertiary alicyclic amines) is 1. The van der Waals surface area contributed by atoms with Gasteiger partial charge in [-0.3, -0.25) is 9.59 Å². The van der Waals surface area contributed by atoms with Crippen LogP contribution in [-0.4, -0.2) is 30.2 Å². The van der Waals surface area contributed by atoms with Crippen LogP contribution in [0.2, 0.25) is 0 Å². The second-order valence-corrected chi connectivity index (χ2v) is 5.34. The predicted octanol–water partition coefficient (Wildman–Crippen LogP) is 2.66. The van der Waals surface area contributed by atoms with Crippen molar-refractivity contribution in [3.05, 3.63) is 29.3 Å². The van der Waals surface area contributed by atoms with Gasteiger partial charge in [0.1, 0.15) is 5.75 Å². The lowest BCUT2D eigenvalue weighted by atomic mass is 10.1. The van der Waals surface area contributed by atoms with Crippen LogP contribution in [0.15, 0.2) is 18.2 Å². The molecule has 0 spiro atoms. The Bertz CT molecular complexity index is 524. The number of carbonyl (C=O) groups is 2. The number of ketones is 1. The molecule has 1 saturated heterocycles. The Morgan fingerprint density at radius 3 is 2.75 bits per heavy atom. The van der Waals surface area contributed by atoms with Crippen LogP contribution in [0.5, 0.6) is 5.75 Å². The van der Waals surface area contributed by atoms with E-state index in [4.69, 9.17) is 4.74 Å². The number of hydrogen-bond acceptors (Lipinski definition) is 3. The molecule has 4 heteroatoms. The van der Waals surface area contributed by atoms with Gasteiger partial charge in [-0.05, 0) is 31.0 Å². The van der Waals surface area contributed by atoms with Crippen LogP contribution in [0.25, 0.3) is 0 Å². The lowest BCUT2D eigenvalue weighted by Crippen LogP contribution is -2.25. The van der Waals surface area contributed by atoms with E-state index in [1.54, 1.807) is 26.2 Å². The molecule has 0 radical (unpaired) electrons. The van der Waals surface area contributed by atoms with Crippen LogP contribution >= 0.6 is 0 Å². The summed E-state index contributed by atoms with van der Waals surface area (Å²) in [6.07, 6.45) is 1.65. The van der Waals surface area contributed by atoms with Gasteiger partial charge in [-0.25, -0.2) is 0 Å². The molecule has 1 aromatic carbocycles. The van der Waals surface area contributed by atoms with Crippen molar-refractivity contribution < 1.29 is 14.3 Å². The quantitative estimate of drug-likeness (QED) is 0.776. The zero-order chi connectivity index (χ0) is 14.7. The second-order valence-electron chi connectivity index (χ2n) is 5.34. The molecule has 0 aliphatic carbocycles. The summed E-state index contributed by atoms with van der Waals surface area (Å²) in [4.78, 5) is 25.3. The molecule has 1 aromatic rings. The van der Waals surface area contributed by atoms with Crippen molar-refractivity contribution in [1.82, 2.24) is 4.90 Å². The Labute approximate surface area is 119 Å². The van der Waals surface area contributed by atoms with Crippen molar-refractivity contribution in [3.63, 3.8) is 0 Å². The van der Waals surface area contributed by atoms with Crippen molar-refractivity contribution in [2.24, 2.45) is 5.92 Å². The second kappa shape index (κ2) is 6.07. The minimum atomic E-state index is 0.0214. The molecular weight excluding hydrogens is 254 g/mol. The highest BCUT2D eigenvalue weighted by atomic mass is 16.5. The molecule has 0 N–H and O–H groups in total. The fourth-order valence-electron chi connectivity index (χ4n) is 2.61. The first-order valence-electron chi connectivity index (χ1n) is 7.00. The Morgan fingerprint density at radius 2 is 2.20 bits per heavy atom. The maximum absolute atomic E-state index is 12.0. The number of benzene rings is 1. The number of nitrogens with zero attached hydrogens (tertiary/aromatic N) is 1. The number of ether oxygens (including phenoxy) is 1. The third kappa shape index (κ3) is 3.00. The molecule has 0 aromatic heterocycles. The number of hydrogen-bond donors (Lipinski definition) is 0. The molecule has 20 heavy (non-hydrogen) atoms. The van der Waals surface area contributed by atoms with Gasteiger partial charge in [0, 0.05) is 30.6 Å². The topological polar surface area (TPSA) is 46.6 Å². The SMILES string of the molecule is CCC1CC(=O)N(Cc2cc(C(C)=O)ccc2OC)C1. The van der Waals surface area contributed by atoms with Crippen LogP contribution in [0, 0.1) is 5.92 Å². The standard InChI is InChI=1S/C16H21NO3/c1-4-12-7-16(19)17(9-12)10-14-8-13(11(2)18)5-6-15(14)20-3/h5-6,8,12H,4,7,9-10H2,1-3H3. The van der Waals surface area contributed by atoms with Gasteiger partial charge in [0.25, 0.3) is 0 Å². The fraction of sp³-hybridized carbons (Fsp3) is 0.500. The van der Waals surface area contributed by atoms with Gasteiger partial charge in [-0.1, -0.05) is 13.3 Å². The highest BCUT2D eigenvalue weighted by molar-refractivity contribution is 5.94. The zero-order valence-electron chi connectivity index (χ0n) is 12.3. The first kappa shape index (κ1) is 14.6. The van der Waals surface area contributed by atoms with E-state index in [1.807, 2.05) is 11.0 Å². The largest absolute Gasteiger partial charge is 0.496 e. The van der Waals surface area contributed by atoms with Crippen molar-refractivity contribution in [2.45, 2.75) is 33.2 Å². The summed E-state index contributed by atoms with van der Waals surface area (Å²) < 4.78 is 5.33. The van der Waals surface area contributed by atoms with Gasteiger partial charge >= 0.3 is 0 Å². The van der Waals surface area contributed by atoms with Gasteiger partial charge < -0.3 is 9.64 Å². The van der Waals surface area contributed by atoms with Gasteiger partial charge in [0.2, 0.25) is 5.91 Å². The molecule has 0 saturated carbocycles. The smallest absolute Gasteiger partial charge is 0.223 e. The fourth-order valence-corrected chi connectivity index (χ4v) is 2.61. The van der Waals surface area contributed by atoms with Crippen molar-refractivity contribution in [3.8, 4) is 5.75 Å². The molecule has 0 bridgehead atoms. The first-order chi connectivity index (χ1) is 9.55.